The Bertz CT molecular complexity index is 3150. The van der Waals surface area contributed by atoms with Crippen LogP contribution in [0.25, 0.3) is 72.0 Å². The SMILES string of the molecule is O=C1c2cccc(-n3c4ccccc4c4cc(-c5cc(C(F)(F)F)cc(C(F)(F)F)c5)ccc43)c2C(=O)N1c1c(-c2ccccc2)cc(-c2ccccc2)cc1-c1ccccc1. The molecule has 1 aliphatic rings. The lowest BCUT2D eigenvalue weighted by Gasteiger charge is -2.24. The highest BCUT2D eigenvalue weighted by atomic mass is 19.4. The Kier molecular flexibility index (Phi) is 8.99. The predicted molar refractivity (Wildman–Crippen MR) is 230 cm³/mol. The second-order valence-corrected chi connectivity index (χ2v) is 15.0. The Balaban J connectivity index is 1.18. The van der Waals surface area contributed by atoms with Crippen LogP contribution in [0.3, 0.4) is 0 Å². The van der Waals surface area contributed by atoms with E-state index in [-0.39, 0.29) is 28.3 Å². The second kappa shape index (κ2) is 14.5. The lowest BCUT2D eigenvalue weighted by molar-refractivity contribution is -0.143. The standard InChI is InChI=1S/C52H30F6N2O2/c53-51(54,55)37-25-35(26-38(30-37)52(56,57)58)34-23-24-45-43(27-34)39-19-10-11-21-44(39)59(45)46-22-12-20-40-47(46)50(62)60(49(40)61)48-41(32-15-6-2-7-16-32)28-36(31-13-4-1-5-14-31)29-42(48)33-17-8-3-9-18-33/h1-30H. The molecule has 2 amide bonds. The Morgan fingerprint density at radius 1 is 0.371 bits per heavy atom. The molecule has 0 spiro atoms. The van der Waals surface area contributed by atoms with E-state index >= 15 is 4.79 Å². The maximum Gasteiger partial charge on any atom is 0.416 e. The highest BCUT2D eigenvalue weighted by Crippen LogP contribution is 2.47. The second-order valence-electron chi connectivity index (χ2n) is 15.0. The van der Waals surface area contributed by atoms with Crippen molar-refractivity contribution in [3.05, 3.63) is 204 Å². The number of carbonyl (C=O) groups is 2. The summed E-state index contributed by atoms with van der Waals surface area (Å²) in [6.07, 6.45) is -10.0. The van der Waals surface area contributed by atoms with Crippen LogP contribution in [-0.2, 0) is 12.4 Å². The zero-order valence-electron chi connectivity index (χ0n) is 32.3. The lowest BCUT2D eigenvalue weighted by atomic mass is 9.90. The highest BCUT2D eigenvalue weighted by Gasteiger charge is 2.42. The van der Waals surface area contributed by atoms with E-state index < -0.39 is 35.3 Å². The van der Waals surface area contributed by atoms with Gasteiger partial charge in [0.2, 0.25) is 0 Å². The van der Waals surface area contributed by atoms with Crippen molar-refractivity contribution < 1.29 is 35.9 Å². The van der Waals surface area contributed by atoms with E-state index in [1.54, 1.807) is 48.5 Å². The summed E-state index contributed by atoms with van der Waals surface area (Å²) in [5, 5.41) is 1.15. The third-order valence-electron chi connectivity index (χ3n) is 11.3. The summed E-state index contributed by atoms with van der Waals surface area (Å²) in [6, 6.07) is 51.2. The van der Waals surface area contributed by atoms with E-state index in [0.717, 1.165) is 22.3 Å². The topological polar surface area (TPSA) is 42.3 Å². The number of hydrogen-bond acceptors (Lipinski definition) is 2. The van der Waals surface area contributed by atoms with Crippen molar-refractivity contribution in [1.82, 2.24) is 4.57 Å². The number of amides is 2. The van der Waals surface area contributed by atoms with Crippen molar-refractivity contribution in [3.8, 4) is 50.2 Å². The summed E-state index contributed by atoms with van der Waals surface area (Å²) in [7, 11) is 0. The van der Waals surface area contributed by atoms with Gasteiger partial charge in [-0.15, -0.1) is 0 Å². The molecular formula is C52H30F6N2O2. The molecule has 0 fully saturated rings. The van der Waals surface area contributed by atoms with Crippen LogP contribution in [0.5, 0.6) is 0 Å². The van der Waals surface area contributed by atoms with E-state index in [1.165, 1.54) is 11.0 Å². The van der Waals surface area contributed by atoms with Crippen molar-refractivity contribution in [1.29, 1.82) is 0 Å². The molecule has 10 rings (SSSR count). The van der Waals surface area contributed by atoms with Crippen molar-refractivity contribution in [2.45, 2.75) is 12.4 Å². The monoisotopic (exact) mass is 828 g/mol. The first-order valence-electron chi connectivity index (χ1n) is 19.6. The fourth-order valence-corrected chi connectivity index (χ4v) is 8.54. The number of benzene rings is 8. The van der Waals surface area contributed by atoms with Crippen molar-refractivity contribution in [2.24, 2.45) is 0 Å². The molecule has 302 valence electrons. The number of nitrogens with zero attached hydrogens (tertiary/aromatic N) is 2. The van der Waals surface area contributed by atoms with Crippen molar-refractivity contribution >= 4 is 39.3 Å². The molecule has 0 bridgehead atoms. The van der Waals surface area contributed by atoms with Gasteiger partial charge < -0.3 is 4.57 Å². The first-order valence-corrected chi connectivity index (χ1v) is 19.6. The van der Waals surface area contributed by atoms with E-state index in [1.807, 2.05) is 114 Å². The van der Waals surface area contributed by atoms with Crippen LogP contribution >= 0.6 is 0 Å². The summed E-state index contributed by atoms with van der Waals surface area (Å²) in [4.78, 5) is 31.4. The van der Waals surface area contributed by atoms with Crippen LogP contribution in [0.2, 0.25) is 0 Å². The molecule has 0 atom stereocenters. The van der Waals surface area contributed by atoms with Gasteiger partial charge in [-0.2, -0.15) is 26.3 Å². The van der Waals surface area contributed by atoms with Crippen LogP contribution in [0.4, 0.5) is 32.0 Å². The van der Waals surface area contributed by atoms with E-state index in [2.05, 4.69) is 0 Å². The minimum Gasteiger partial charge on any atom is -0.308 e. The van der Waals surface area contributed by atoms with Gasteiger partial charge >= 0.3 is 12.4 Å². The summed E-state index contributed by atoms with van der Waals surface area (Å²) in [6.45, 7) is 0. The quantitative estimate of drug-likeness (QED) is 0.124. The van der Waals surface area contributed by atoms with Crippen LogP contribution in [0, 0.1) is 0 Å². The normalized spacial score (nSPS) is 13.0. The van der Waals surface area contributed by atoms with Gasteiger partial charge in [-0.1, -0.05) is 121 Å². The zero-order chi connectivity index (χ0) is 42.9. The first-order chi connectivity index (χ1) is 29.9. The summed E-state index contributed by atoms with van der Waals surface area (Å²) in [5.41, 5.74) is 3.99. The zero-order valence-corrected chi connectivity index (χ0v) is 32.3. The highest BCUT2D eigenvalue weighted by molar-refractivity contribution is 6.37. The van der Waals surface area contributed by atoms with Gasteiger partial charge in [0, 0.05) is 21.9 Å². The van der Waals surface area contributed by atoms with E-state index in [0.29, 0.717) is 56.4 Å². The van der Waals surface area contributed by atoms with Gasteiger partial charge in [-0.05, 0) is 94.0 Å². The number of imide groups is 1. The van der Waals surface area contributed by atoms with Crippen molar-refractivity contribution in [2.75, 3.05) is 4.90 Å². The van der Waals surface area contributed by atoms with Gasteiger partial charge in [-0.3, -0.25) is 9.59 Å². The third-order valence-corrected chi connectivity index (χ3v) is 11.3. The minimum absolute atomic E-state index is 0.106. The minimum atomic E-state index is -5.02. The summed E-state index contributed by atoms with van der Waals surface area (Å²) in [5.74, 6) is -1.09. The maximum atomic E-state index is 15.3. The number of halogens is 6. The van der Waals surface area contributed by atoms with E-state index in [4.69, 9.17) is 0 Å². The number of carbonyl (C=O) groups excluding carboxylic acids is 2. The van der Waals surface area contributed by atoms with Crippen LogP contribution in [0.15, 0.2) is 182 Å². The maximum absolute atomic E-state index is 15.3. The van der Waals surface area contributed by atoms with Gasteiger partial charge in [-0.25, -0.2) is 4.90 Å². The smallest absolute Gasteiger partial charge is 0.308 e. The molecule has 10 heteroatoms. The molecule has 8 aromatic carbocycles. The molecule has 0 radical (unpaired) electrons. The number of para-hydroxylation sites is 1. The number of alkyl halides is 6. The Hall–Kier alpha value is -7.72. The Morgan fingerprint density at radius 3 is 1.47 bits per heavy atom. The van der Waals surface area contributed by atoms with Crippen LogP contribution < -0.4 is 4.90 Å². The number of fused-ring (bicyclic) bond motifs is 4. The molecular weight excluding hydrogens is 799 g/mol. The molecule has 9 aromatic rings. The molecule has 2 heterocycles. The summed E-state index contributed by atoms with van der Waals surface area (Å²) >= 11 is 0. The number of anilines is 1. The average molecular weight is 829 g/mol. The van der Waals surface area contributed by atoms with Gasteiger partial charge in [0.05, 0.1) is 44.7 Å². The van der Waals surface area contributed by atoms with Crippen molar-refractivity contribution in [3.63, 3.8) is 0 Å². The fourth-order valence-electron chi connectivity index (χ4n) is 8.54. The predicted octanol–water partition coefficient (Wildman–Crippen LogP) is 14.3. The average Bonchev–Trinajstić information content (AvgIpc) is 3.75. The molecule has 0 saturated heterocycles. The largest absolute Gasteiger partial charge is 0.416 e. The van der Waals surface area contributed by atoms with E-state index in [9.17, 15) is 31.1 Å². The van der Waals surface area contributed by atoms with Crippen LogP contribution in [0.1, 0.15) is 31.8 Å². The number of aromatic nitrogens is 1. The molecule has 4 nitrogen and oxygen atoms in total. The summed E-state index contributed by atoms with van der Waals surface area (Å²) < 4.78 is 85.1. The Morgan fingerprint density at radius 2 is 0.887 bits per heavy atom. The lowest BCUT2D eigenvalue weighted by Crippen LogP contribution is -2.30. The molecule has 0 saturated carbocycles. The molecule has 1 aliphatic heterocycles. The van der Waals surface area contributed by atoms with Crippen LogP contribution in [-0.4, -0.2) is 16.4 Å². The number of rotatable bonds is 6. The first kappa shape index (κ1) is 38.5. The molecule has 0 N–H and O–H groups in total. The van der Waals surface area contributed by atoms with Gasteiger partial charge in [0.1, 0.15) is 0 Å². The molecule has 62 heavy (non-hydrogen) atoms. The third kappa shape index (κ3) is 6.42. The number of hydrogen-bond donors (Lipinski definition) is 0. The van der Waals surface area contributed by atoms with Gasteiger partial charge in [0.25, 0.3) is 11.8 Å². The molecule has 0 aliphatic carbocycles. The molecule has 0 unspecified atom stereocenters. The van der Waals surface area contributed by atoms with Gasteiger partial charge in [0.15, 0.2) is 0 Å². The molecule has 1 aromatic heterocycles. The Labute approximate surface area is 350 Å². The fraction of sp³-hybridized carbons (Fsp3) is 0.0385.